The van der Waals surface area contributed by atoms with Gasteiger partial charge in [0.2, 0.25) is 0 Å². The van der Waals surface area contributed by atoms with Crippen molar-refractivity contribution in [1.82, 2.24) is 0 Å². The van der Waals surface area contributed by atoms with Gasteiger partial charge in [-0.25, -0.2) is 0 Å². The average molecular weight is 1220 g/mol. The number of ether oxygens (including phenoxy) is 15. The van der Waals surface area contributed by atoms with Gasteiger partial charge in [0, 0.05) is 21.8 Å². The molecule has 89 heavy (non-hydrogen) atoms. The highest BCUT2D eigenvalue weighted by Crippen LogP contribution is 2.39. The maximum Gasteiger partial charge on any atom is 0.169 e. The maximum absolute atomic E-state index is 12.2. The van der Waals surface area contributed by atoms with E-state index in [1.54, 1.807) is 57.7 Å². The third-order valence-electron chi connectivity index (χ3n) is 15.2. The Hall–Kier alpha value is -7.87. The molecule has 1 N–H and O–H groups in total. The van der Waals surface area contributed by atoms with Crippen LogP contribution >= 0.6 is 0 Å². The Morgan fingerprint density at radius 1 is 0.371 bits per heavy atom. The highest BCUT2D eigenvalue weighted by Gasteiger charge is 2.56. The molecular formula is C64H73N9O16. The van der Waals surface area contributed by atoms with Crippen molar-refractivity contribution in [3.8, 4) is 17.2 Å². The molecule has 3 fully saturated rings. The summed E-state index contributed by atoms with van der Waals surface area (Å²) in [5.41, 5.74) is 35.8. The minimum absolute atomic E-state index is 0.0176. The first-order valence-corrected chi connectivity index (χ1v) is 28.9. The van der Waals surface area contributed by atoms with E-state index in [4.69, 9.17) is 71.1 Å². The summed E-state index contributed by atoms with van der Waals surface area (Å²) >= 11 is 0. The van der Waals surface area contributed by atoms with E-state index in [1.165, 1.54) is 7.11 Å². The van der Waals surface area contributed by atoms with E-state index >= 15 is 0 Å². The van der Waals surface area contributed by atoms with Gasteiger partial charge in [-0.15, -0.1) is 0 Å². The Kier molecular flexibility index (Phi) is 25.2. The molecule has 0 spiro atoms. The molecule has 3 heterocycles. The molecule has 0 unspecified atom stereocenters. The number of rotatable bonds is 32. The first kappa shape index (κ1) is 65.6. The third-order valence-corrected chi connectivity index (χ3v) is 15.2. The summed E-state index contributed by atoms with van der Waals surface area (Å²) in [7, 11) is 6.10. The predicted molar refractivity (Wildman–Crippen MR) is 321 cm³/mol. The van der Waals surface area contributed by atoms with E-state index in [9.17, 15) is 21.7 Å². The lowest BCUT2D eigenvalue weighted by atomic mass is 9.93. The number of hydrogen-bond acceptors (Lipinski definition) is 19. The van der Waals surface area contributed by atoms with Gasteiger partial charge in [0.05, 0.1) is 86.9 Å². The van der Waals surface area contributed by atoms with Crippen molar-refractivity contribution in [3.05, 3.63) is 229 Å². The van der Waals surface area contributed by atoms with Gasteiger partial charge in [-0.2, -0.15) is 0 Å². The fraction of sp³-hybridized carbons (Fsp3) is 0.438. The van der Waals surface area contributed by atoms with E-state index in [2.05, 4.69) is 30.1 Å². The SMILES string of the molecule is COc1ccc(CO[C@@H]2[C@@H](N=[N+]=[N-])[C@@H](OC)O[C@H](COCc3ccccc3)[C@@H]2O[C@H]2O[C@H](COCc3ccccc3)[C@H](O[C@H]3O[C@H](COCc4ccccc4)[C@H](O)[C@H](OCc4ccc(OC)cc4)[C@H]3N=[N+]=[N-])[C@H](OCc3ccc(OC)cc3)[C@H]2N=[N+]=[N-])cc1. The molecule has 0 saturated carbocycles. The van der Waals surface area contributed by atoms with Crippen LogP contribution in [0.5, 0.6) is 17.2 Å². The zero-order valence-electron chi connectivity index (χ0n) is 49.7. The van der Waals surface area contributed by atoms with Gasteiger partial charge in [-0.3, -0.25) is 0 Å². The molecule has 25 heteroatoms. The van der Waals surface area contributed by atoms with Crippen molar-refractivity contribution >= 4 is 0 Å². The molecule has 15 atom stereocenters. The van der Waals surface area contributed by atoms with Gasteiger partial charge >= 0.3 is 0 Å². The Bertz CT molecular complexity index is 3210. The second kappa shape index (κ2) is 34.2. The number of aliphatic hydroxyl groups excluding tert-OH is 1. The summed E-state index contributed by atoms with van der Waals surface area (Å²) in [5.74, 6) is 1.85. The van der Waals surface area contributed by atoms with E-state index in [1.807, 2.05) is 127 Å². The van der Waals surface area contributed by atoms with Crippen LogP contribution in [0, 0.1) is 0 Å². The molecule has 0 aliphatic carbocycles. The van der Waals surface area contributed by atoms with Gasteiger partial charge in [0.1, 0.15) is 84.2 Å². The summed E-state index contributed by atoms with van der Waals surface area (Å²) in [5, 5.41) is 24.9. The van der Waals surface area contributed by atoms with Crippen LogP contribution in [0.2, 0.25) is 0 Å². The second-order valence-corrected chi connectivity index (χ2v) is 21.0. The largest absolute Gasteiger partial charge is 0.497 e. The van der Waals surface area contributed by atoms with Gasteiger partial charge in [0.15, 0.2) is 18.9 Å². The van der Waals surface area contributed by atoms with Crippen molar-refractivity contribution in [2.24, 2.45) is 15.3 Å². The van der Waals surface area contributed by atoms with Crippen LogP contribution in [0.25, 0.3) is 31.3 Å². The lowest BCUT2D eigenvalue weighted by Crippen LogP contribution is -2.66. The first-order chi connectivity index (χ1) is 43.7. The quantitative estimate of drug-likeness (QED) is 0.0233. The van der Waals surface area contributed by atoms with Gasteiger partial charge in [0.25, 0.3) is 0 Å². The topological polar surface area (TPSA) is 305 Å². The number of azide groups is 3. The Labute approximate surface area is 515 Å². The number of hydrogen-bond donors (Lipinski definition) is 1. The van der Waals surface area contributed by atoms with Gasteiger partial charge in [-0.05, 0) is 86.4 Å². The lowest BCUT2D eigenvalue weighted by molar-refractivity contribution is -0.357. The fourth-order valence-corrected chi connectivity index (χ4v) is 10.6. The fourth-order valence-electron chi connectivity index (χ4n) is 10.6. The van der Waals surface area contributed by atoms with Crippen LogP contribution in [-0.2, 0) is 96.5 Å². The molecule has 6 aromatic carbocycles. The van der Waals surface area contributed by atoms with E-state index < -0.39 is 91.9 Å². The molecule has 3 aliphatic rings. The molecule has 0 radical (unpaired) electrons. The van der Waals surface area contributed by atoms with Gasteiger partial charge in [-0.1, -0.05) is 143 Å². The highest BCUT2D eigenvalue weighted by molar-refractivity contribution is 5.29. The minimum Gasteiger partial charge on any atom is -0.497 e. The highest BCUT2D eigenvalue weighted by atomic mass is 16.8. The van der Waals surface area contributed by atoms with Crippen molar-refractivity contribution < 1.29 is 76.2 Å². The molecule has 0 amide bonds. The zero-order valence-corrected chi connectivity index (χ0v) is 49.7. The van der Waals surface area contributed by atoms with Crippen LogP contribution in [0.15, 0.2) is 179 Å². The molecule has 9 rings (SSSR count). The van der Waals surface area contributed by atoms with E-state index in [0.29, 0.717) is 22.8 Å². The van der Waals surface area contributed by atoms with Crippen molar-refractivity contribution in [1.29, 1.82) is 0 Å². The summed E-state index contributed by atoms with van der Waals surface area (Å²) in [6.07, 6.45) is -15.4. The van der Waals surface area contributed by atoms with Crippen molar-refractivity contribution in [2.45, 2.75) is 132 Å². The van der Waals surface area contributed by atoms with Crippen LogP contribution in [0.3, 0.4) is 0 Å². The van der Waals surface area contributed by atoms with Crippen LogP contribution in [-0.4, -0.2) is 145 Å². The molecule has 470 valence electrons. The average Bonchev–Trinajstić information content (AvgIpc) is 1.07. The molecular weight excluding hydrogens is 1150 g/mol. The summed E-state index contributed by atoms with van der Waals surface area (Å²) in [6.45, 7) is -0.206. The third kappa shape index (κ3) is 18.2. The monoisotopic (exact) mass is 1220 g/mol. The summed E-state index contributed by atoms with van der Waals surface area (Å²) < 4.78 is 96.1. The lowest BCUT2D eigenvalue weighted by Gasteiger charge is -2.50. The Balaban J connectivity index is 1.12. The minimum atomic E-state index is -1.55. The second-order valence-electron chi connectivity index (χ2n) is 21.0. The predicted octanol–water partition coefficient (Wildman–Crippen LogP) is 10.4. The Morgan fingerprint density at radius 3 is 1.02 bits per heavy atom. The zero-order chi connectivity index (χ0) is 62.2. The number of nitrogens with zero attached hydrogens (tertiary/aromatic N) is 9. The number of methoxy groups -OCH3 is 4. The molecule has 0 aromatic heterocycles. The summed E-state index contributed by atoms with van der Waals surface area (Å²) in [6, 6.07) is 46.0. The van der Waals surface area contributed by atoms with Crippen LogP contribution in [0.1, 0.15) is 33.4 Å². The standard InChI is InChI=1S/C64H73N9O16/c1-75-47-26-20-44(21-27-47)35-82-59-53(68-71-65)63(85-50(56(59)74)38-79-32-41-14-8-5-9-15-41)88-58-52(40-81-34-43-18-12-7-13-19-43)87-64(55(70-73-67)61(58)84-37-46-24-30-49(77-3)31-25-46)89-57-51(39-80-33-42-16-10-6-11-17-42)86-62(78-4)54(69-72-66)60(57)83-36-45-22-28-48(76-2)29-23-45/h5-31,50-64,74H,32-40H2,1-4H3/t50-,51-,52-,53-,54-,55-,56+,57+,58+,59-,60-,61-,62+,63-,64-/m1/s1. The smallest absolute Gasteiger partial charge is 0.169 e. The number of benzene rings is 6. The molecule has 3 saturated heterocycles. The normalized spacial score (nSPS) is 26.6. The van der Waals surface area contributed by atoms with Crippen LogP contribution in [0.4, 0.5) is 0 Å². The van der Waals surface area contributed by atoms with E-state index in [-0.39, 0.29) is 59.5 Å². The summed E-state index contributed by atoms with van der Waals surface area (Å²) in [4.78, 5) is 9.75. The van der Waals surface area contributed by atoms with Crippen molar-refractivity contribution in [2.75, 3.05) is 48.3 Å². The maximum atomic E-state index is 12.2. The molecule has 6 aromatic rings. The molecule has 3 aliphatic heterocycles. The van der Waals surface area contributed by atoms with Gasteiger partial charge < -0.3 is 76.2 Å². The Morgan fingerprint density at radius 2 is 0.674 bits per heavy atom. The van der Waals surface area contributed by atoms with Crippen molar-refractivity contribution in [3.63, 3.8) is 0 Å². The van der Waals surface area contributed by atoms with E-state index in [0.717, 1.165) is 27.8 Å². The van der Waals surface area contributed by atoms with Crippen LogP contribution < -0.4 is 14.2 Å². The molecule has 0 bridgehead atoms. The molecule has 25 nitrogen and oxygen atoms in total. The number of aliphatic hydroxyl groups is 1. The first-order valence-electron chi connectivity index (χ1n) is 28.9.